The maximum Gasteiger partial charge on any atom is 0.320 e. The zero-order valence-corrected chi connectivity index (χ0v) is 9.29. The fraction of sp³-hybridized carbons (Fsp3) is 0.222. The van der Waals surface area contributed by atoms with E-state index in [2.05, 4.69) is 0 Å². The van der Waals surface area contributed by atoms with Gasteiger partial charge in [0.25, 0.3) is 0 Å². The number of hydrogen-bond acceptors (Lipinski definition) is 3. The van der Waals surface area contributed by atoms with E-state index in [-0.39, 0.29) is 6.54 Å². The Balaban J connectivity index is 2.93. The first-order chi connectivity index (χ1) is 7.06. The van der Waals surface area contributed by atoms with E-state index in [0.29, 0.717) is 9.92 Å². The Labute approximate surface area is 94.5 Å². The molecular formula is C9H10ClNO3S. The molecule has 0 bridgehead atoms. The van der Waals surface area contributed by atoms with Crippen molar-refractivity contribution < 1.29 is 14.1 Å². The van der Waals surface area contributed by atoms with Crippen molar-refractivity contribution in [2.45, 2.75) is 10.1 Å². The van der Waals surface area contributed by atoms with Gasteiger partial charge in [-0.15, -0.1) is 0 Å². The average molecular weight is 248 g/mol. The predicted molar refractivity (Wildman–Crippen MR) is 58.3 cm³/mol. The first kappa shape index (κ1) is 12.2. The summed E-state index contributed by atoms with van der Waals surface area (Å²) < 4.78 is 11.7. The molecule has 0 spiro atoms. The molecule has 82 valence electrons. The predicted octanol–water partition coefficient (Wildman–Crippen LogP) is 0.859. The van der Waals surface area contributed by atoms with Crippen LogP contribution in [0.25, 0.3) is 0 Å². The van der Waals surface area contributed by atoms with E-state index in [9.17, 15) is 9.00 Å². The lowest BCUT2D eigenvalue weighted by Crippen LogP contribution is -2.33. The Morgan fingerprint density at radius 3 is 2.40 bits per heavy atom. The number of nitrogens with two attached hydrogens (primary N) is 1. The maximum atomic E-state index is 11.7. The third-order valence-electron chi connectivity index (χ3n) is 1.79. The number of rotatable bonds is 4. The van der Waals surface area contributed by atoms with Crippen LogP contribution in [0.4, 0.5) is 0 Å². The number of aliphatic carboxylic acids is 1. The lowest BCUT2D eigenvalue weighted by atomic mass is 10.4. The van der Waals surface area contributed by atoms with E-state index >= 15 is 0 Å². The second-order valence-corrected chi connectivity index (χ2v) is 4.89. The highest BCUT2D eigenvalue weighted by Crippen LogP contribution is 2.15. The van der Waals surface area contributed by atoms with Gasteiger partial charge in [-0.3, -0.25) is 9.00 Å². The average Bonchev–Trinajstić information content (AvgIpc) is 2.19. The fourth-order valence-corrected chi connectivity index (χ4v) is 2.23. The van der Waals surface area contributed by atoms with Crippen LogP contribution in [0.15, 0.2) is 29.2 Å². The Morgan fingerprint density at radius 2 is 2.00 bits per heavy atom. The maximum absolute atomic E-state index is 11.7. The molecule has 0 aliphatic rings. The third-order valence-corrected chi connectivity index (χ3v) is 3.69. The molecule has 0 aliphatic carbocycles. The van der Waals surface area contributed by atoms with Crippen molar-refractivity contribution in [2.24, 2.45) is 5.73 Å². The van der Waals surface area contributed by atoms with Crippen LogP contribution in [0.5, 0.6) is 0 Å². The summed E-state index contributed by atoms with van der Waals surface area (Å²) in [6.07, 6.45) is 0. The van der Waals surface area contributed by atoms with Crippen molar-refractivity contribution in [2.75, 3.05) is 6.54 Å². The highest BCUT2D eigenvalue weighted by atomic mass is 35.5. The smallest absolute Gasteiger partial charge is 0.320 e. The molecule has 0 radical (unpaired) electrons. The molecule has 3 N–H and O–H groups in total. The molecule has 0 aliphatic heterocycles. The van der Waals surface area contributed by atoms with Gasteiger partial charge in [0.15, 0.2) is 0 Å². The molecular weight excluding hydrogens is 238 g/mol. The number of carboxylic acid groups (broad SMARTS) is 1. The standard InChI is InChI=1S/C9H10ClNO3S/c10-6-1-3-7(4-2-6)15(14)8(5-11)9(12)13/h1-4,8H,5,11H2,(H,12,13). The van der Waals surface area contributed by atoms with Gasteiger partial charge >= 0.3 is 5.97 Å². The normalized spacial score (nSPS) is 14.5. The largest absolute Gasteiger partial charge is 0.480 e. The van der Waals surface area contributed by atoms with Gasteiger partial charge in [-0.2, -0.15) is 0 Å². The van der Waals surface area contributed by atoms with Crippen LogP contribution in [0.2, 0.25) is 5.02 Å². The Hall–Kier alpha value is -0.910. The number of halogens is 1. The van der Waals surface area contributed by atoms with Gasteiger partial charge in [-0.1, -0.05) is 11.6 Å². The first-order valence-electron chi connectivity index (χ1n) is 4.15. The van der Waals surface area contributed by atoms with Crippen molar-refractivity contribution in [3.63, 3.8) is 0 Å². The van der Waals surface area contributed by atoms with Crippen LogP contribution in [-0.4, -0.2) is 27.1 Å². The Morgan fingerprint density at radius 1 is 1.47 bits per heavy atom. The minimum Gasteiger partial charge on any atom is -0.480 e. The van der Waals surface area contributed by atoms with Gasteiger partial charge in [0.1, 0.15) is 5.25 Å². The number of carbonyl (C=O) groups is 1. The molecule has 0 amide bonds. The number of benzene rings is 1. The molecule has 15 heavy (non-hydrogen) atoms. The Bertz CT molecular complexity index is 379. The van der Waals surface area contributed by atoms with E-state index in [1.54, 1.807) is 12.1 Å². The van der Waals surface area contributed by atoms with Gasteiger partial charge in [-0.05, 0) is 24.3 Å². The van der Waals surface area contributed by atoms with Gasteiger partial charge in [0, 0.05) is 16.5 Å². The monoisotopic (exact) mass is 247 g/mol. The summed E-state index contributed by atoms with van der Waals surface area (Å²) in [6.45, 7) is -0.162. The fourth-order valence-electron chi connectivity index (χ4n) is 1.01. The lowest BCUT2D eigenvalue weighted by molar-refractivity contribution is -0.136. The topological polar surface area (TPSA) is 80.4 Å². The summed E-state index contributed by atoms with van der Waals surface area (Å²) in [4.78, 5) is 11.1. The molecule has 2 unspecified atom stereocenters. The second kappa shape index (κ2) is 5.25. The minimum atomic E-state index is -1.64. The van der Waals surface area contributed by atoms with Gasteiger partial charge in [0.2, 0.25) is 0 Å². The quantitative estimate of drug-likeness (QED) is 0.827. The molecule has 0 saturated carbocycles. The van der Waals surface area contributed by atoms with Crippen molar-refractivity contribution in [1.82, 2.24) is 0 Å². The molecule has 6 heteroatoms. The van der Waals surface area contributed by atoms with E-state index in [4.69, 9.17) is 22.4 Å². The van der Waals surface area contributed by atoms with Crippen LogP contribution >= 0.6 is 11.6 Å². The van der Waals surface area contributed by atoms with Crippen molar-refractivity contribution in [1.29, 1.82) is 0 Å². The van der Waals surface area contributed by atoms with E-state index in [1.165, 1.54) is 12.1 Å². The number of carboxylic acids is 1. The first-order valence-corrected chi connectivity index (χ1v) is 5.74. The zero-order chi connectivity index (χ0) is 11.4. The van der Waals surface area contributed by atoms with Gasteiger partial charge in [0.05, 0.1) is 10.8 Å². The highest BCUT2D eigenvalue weighted by Gasteiger charge is 2.24. The summed E-state index contributed by atoms with van der Waals surface area (Å²) in [5, 5.41) is 8.19. The molecule has 0 aromatic heterocycles. The van der Waals surface area contributed by atoms with Crippen LogP contribution in [0.3, 0.4) is 0 Å². The molecule has 2 atom stereocenters. The zero-order valence-electron chi connectivity index (χ0n) is 7.72. The SMILES string of the molecule is NCC(C(=O)O)S(=O)c1ccc(Cl)cc1. The molecule has 0 saturated heterocycles. The second-order valence-electron chi connectivity index (χ2n) is 2.81. The van der Waals surface area contributed by atoms with Crippen LogP contribution in [-0.2, 0) is 15.6 Å². The van der Waals surface area contributed by atoms with Crippen molar-refractivity contribution >= 4 is 28.4 Å². The molecule has 1 aromatic carbocycles. The van der Waals surface area contributed by atoms with Crippen LogP contribution in [0.1, 0.15) is 0 Å². The molecule has 0 fully saturated rings. The van der Waals surface area contributed by atoms with Crippen molar-refractivity contribution in [3.05, 3.63) is 29.3 Å². The minimum absolute atomic E-state index is 0.162. The molecule has 1 aromatic rings. The number of hydrogen-bond donors (Lipinski definition) is 2. The summed E-state index contributed by atoms with van der Waals surface area (Å²) in [5.41, 5.74) is 5.24. The summed E-state index contributed by atoms with van der Waals surface area (Å²) in [5.74, 6) is -1.16. The highest BCUT2D eigenvalue weighted by molar-refractivity contribution is 7.86. The molecule has 1 rings (SSSR count). The Kier molecular flexibility index (Phi) is 4.26. The van der Waals surface area contributed by atoms with Crippen LogP contribution in [0, 0.1) is 0 Å². The molecule has 0 heterocycles. The third kappa shape index (κ3) is 3.02. The van der Waals surface area contributed by atoms with Gasteiger partial charge in [-0.25, -0.2) is 0 Å². The van der Waals surface area contributed by atoms with Crippen LogP contribution < -0.4 is 5.73 Å². The summed E-state index contributed by atoms with van der Waals surface area (Å²) >= 11 is 5.65. The molecule has 4 nitrogen and oxygen atoms in total. The van der Waals surface area contributed by atoms with E-state index in [0.717, 1.165) is 0 Å². The van der Waals surface area contributed by atoms with Crippen molar-refractivity contribution in [3.8, 4) is 0 Å². The van der Waals surface area contributed by atoms with E-state index < -0.39 is 22.0 Å². The van der Waals surface area contributed by atoms with E-state index in [1.807, 2.05) is 0 Å². The summed E-state index contributed by atoms with van der Waals surface area (Å²) in [7, 11) is -1.64. The lowest BCUT2D eigenvalue weighted by Gasteiger charge is -2.09. The summed E-state index contributed by atoms with van der Waals surface area (Å²) in [6, 6.07) is 6.18. The van der Waals surface area contributed by atoms with Gasteiger partial charge < -0.3 is 10.8 Å².